The van der Waals surface area contributed by atoms with Crippen LogP contribution < -0.4 is 16.0 Å². The van der Waals surface area contributed by atoms with Crippen LogP contribution in [-0.2, 0) is 0 Å². The lowest BCUT2D eigenvalue weighted by atomic mass is 9.97. The first kappa shape index (κ1) is 13.5. The Morgan fingerprint density at radius 1 is 1.21 bits per heavy atom. The van der Waals surface area contributed by atoms with Gasteiger partial charge in [-0.15, -0.1) is 0 Å². The molecule has 4 heteroatoms. The van der Waals surface area contributed by atoms with Crippen molar-refractivity contribution in [2.24, 2.45) is 5.84 Å². The standard InChI is InChI=1S/C15H17FN2O/c1-10-6-7-14(19-2)13(8-10)15(18-17)11-4-3-5-12(16)9-11/h3-9,15,18H,17H2,1-2H3. The van der Waals surface area contributed by atoms with Gasteiger partial charge in [-0.1, -0.05) is 29.8 Å². The Kier molecular flexibility index (Phi) is 4.14. The summed E-state index contributed by atoms with van der Waals surface area (Å²) >= 11 is 0. The van der Waals surface area contributed by atoms with Crippen LogP contribution in [0.1, 0.15) is 22.7 Å². The first-order valence-corrected chi connectivity index (χ1v) is 6.02. The molecule has 1 unspecified atom stereocenters. The second kappa shape index (κ2) is 5.82. The normalized spacial score (nSPS) is 12.2. The quantitative estimate of drug-likeness (QED) is 0.656. The molecule has 0 aliphatic heterocycles. The summed E-state index contributed by atoms with van der Waals surface area (Å²) in [6, 6.07) is 11.9. The van der Waals surface area contributed by atoms with Crippen molar-refractivity contribution >= 4 is 0 Å². The molecule has 0 radical (unpaired) electrons. The number of nitrogens with two attached hydrogens (primary N) is 1. The minimum atomic E-state index is -0.314. The first-order valence-electron chi connectivity index (χ1n) is 6.02. The highest BCUT2D eigenvalue weighted by Crippen LogP contribution is 2.30. The molecule has 0 heterocycles. The number of hydrogen-bond donors (Lipinski definition) is 2. The van der Waals surface area contributed by atoms with Gasteiger partial charge in [-0.05, 0) is 30.7 Å². The van der Waals surface area contributed by atoms with E-state index in [1.165, 1.54) is 12.1 Å². The van der Waals surface area contributed by atoms with Gasteiger partial charge in [0.2, 0.25) is 0 Å². The second-order valence-electron chi connectivity index (χ2n) is 4.40. The summed E-state index contributed by atoms with van der Waals surface area (Å²) in [6.45, 7) is 1.99. The number of ether oxygens (including phenoxy) is 1. The van der Waals surface area contributed by atoms with E-state index in [1.54, 1.807) is 13.2 Å². The van der Waals surface area contributed by atoms with Crippen molar-refractivity contribution in [1.29, 1.82) is 0 Å². The van der Waals surface area contributed by atoms with Gasteiger partial charge in [0.05, 0.1) is 13.2 Å². The molecule has 3 N–H and O–H groups in total. The molecule has 0 spiro atoms. The Morgan fingerprint density at radius 3 is 2.63 bits per heavy atom. The van der Waals surface area contributed by atoms with Gasteiger partial charge in [0.25, 0.3) is 0 Å². The summed E-state index contributed by atoms with van der Waals surface area (Å²) < 4.78 is 18.7. The Labute approximate surface area is 112 Å². The Bertz CT molecular complexity index is 572. The number of benzene rings is 2. The third-order valence-corrected chi connectivity index (χ3v) is 3.04. The van der Waals surface area contributed by atoms with E-state index in [9.17, 15) is 4.39 Å². The van der Waals surface area contributed by atoms with Crippen LogP contribution in [0, 0.1) is 12.7 Å². The van der Waals surface area contributed by atoms with Gasteiger partial charge < -0.3 is 4.74 Å². The van der Waals surface area contributed by atoms with Crippen LogP contribution in [0.5, 0.6) is 5.75 Å². The smallest absolute Gasteiger partial charge is 0.124 e. The molecule has 3 nitrogen and oxygen atoms in total. The fourth-order valence-electron chi connectivity index (χ4n) is 2.13. The van der Waals surface area contributed by atoms with E-state index < -0.39 is 0 Å². The van der Waals surface area contributed by atoms with Gasteiger partial charge in [-0.2, -0.15) is 0 Å². The molecule has 1 atom stereocenters. The van der Waals surface area contributed by atoms with Crippen LogP contribution in [0.3, 0.4) is 0 Å². The van der Waals surface area contributed by atoms with Crippen molar-refractivity contribution in [2.75, 3.05) is 7.11 Å². The van der Waals surface area contributed by atoms with Crippen molar-refractivity contribution in [3.63, 3.8) is 0 Å². The molecule has 0 saturated carbocycles. The highest BCUT2D eigenvalue weighted by atomic mass is 19.1. The number of aryl methyl sites for hydroxylation is 1. The lowest BCUT2D eigenvalue weighted by Gasteiger charge is -2.20. The predicted molar refractivity (Wildman–Crippen MR) is 73.3 cm³/mol. The highest BCUT2D eigenvalue weighted by molar-refractivity contribution is 5.43. The van der Waals surface area contributed by atoms with E-state index in [0.29, 0.717) is 0 Å². The molecule has 0 bridgehead atoms. The maximum absolute atomic E-state index is 13.3. The maximum atomic E-state index is 13.3. The molecule has 2 aromatic carbocycles. The van der Waals surface area contributed by atoms with Gasteiger partial charge in [-0.3, -0.25) is 5.84 Å². The fourth-order valence-corrected chi connectivity index (χ4v) is 2.13. The topological polar surface area (TPSA) is 47.3 Å². The molecular formula is C15H17FN2O. The van der Waals surface area contributed by atoms with E-state index >= 15 is 0 Å². The number of hydrogen-bond acceptors (Lipinski definition) is 3. The number of methoxy groups -OCH3 is 1. The van der Waals surface area contributed by atoms with Crippen molar-refractivity contribution in [1.82, 2.24) is 5.43 Å². The minimum Gasteiger partial charge on any atom is -0.496 e. The zero-order chi connectivity index (χ0) is 13.8. The van der Waals surface area contributed by atoms with E-state index in [4.69, 9.17) is 10.6 Å². The second-order valence-corrected chi connectivity index (χ2v) is 4.40. The van der Waals surface area contributed by atoms with E-state index in [0.717, 1.165) is 22.4 Å². The zero-order valence-corrected chi connectivity index (χ0v) is 11.0. The third-order valence-electron chi connectivity index (χ3n) is 3.04. The summed E-state index contributed by atoms with van der Waals surface area (Å²) in [7, 11) is 1.60. The molecule has 0 saturated heterocycles. The van der Waals surface area contributed by atoms with Gasteiger partial charge in [0.15, 0.2) is 0 Å². The summed E-state index contributed by atoms with van der Waals surface area (Å²) in [5.74, 6) is 6.07. The molecule has 2 rings (SSSR count). The maximum Gasteiger partial charge on any atom is 0.124 e. The highest BCUT2D eigenvalue weighted by Gasteiger charge is 2.17. The number of halogens is 1. The number of hydrazine groups is 1. The molecule has 0 aliphatic rings. The van der Waals surface area contributed by atoms with Crippen LogP contribution in [0.4, 0.5) is 4.39 Å². The van der Waals surface area contributed by atoms with Crippen molar-refractivity contribution in [3.8, 4) is 5.75 Å². The summed E-state index contributed by atoms with van der Waals surface area (Å²) in [6.07, 6.45) is 0. The van der Waals surface area contributed by atoms with Crippen LogP contribution in [0.25, 0.3) is 0 Å². The molecule has 0 aromatic heterocycles. The minimum absolute atomic E-state index is 0.288. The van der Waals surface area contributed by atoms with E-state index in [2.05, 4.69) is 5.43 Å². The molecule has 2 aromatic rings. The van der Waals surface area contributed by atoms with Crippen molar-refractivity contribution in [2.45, 2.75) is 13.0 Å². The number of rotatable bonds is 4. The van der Waals surface area contributed by atoms with Crippen LogP contribution in [0.2, 0.25) is 0 Å². The molecule has 100 valence electrons. The monoisotopic (exact) mass is 260 g/mol. The van der Waals surface area contributed by atoms with Gasteiger partial charge in [0, 0.05) is 5.56 Å². The third kappa shape index (κ3) is 2.92. The number of nitrogens with one attached hydrogen (secondary N) is 1. The SMILES string of the molecule is COc1ccc(C)cc1C(NN)c1cccc(F)c1. The molecule has 0 amide bonds. The zero-order valence-electron chi connectivity index (χ0n) is 11.0. The predicted octanol–water partition coefficient (Wildman–Crippen LogP) is 2.70. The summed E-state index contributed by atoms with van der Waals surface area (Å²) in [5, 5.41) is 0. The molecule has 0 aliphatic carbocycles. The Hall–Kier alpha value is -1.91. The largest absolute Gasteiger partial charge is 0.496 e. The van der Waals surface area contributed by atoms with Crippen molar-refractivity contribution in [3.05, 3.63) is 65.0 Å². The fraction of sp³-hybridized carbons (Fsp3) is 0.200. The first-order chi connectivity index (χ1) is 9.15. The van der Waals surface area contributed by atoms with Crippen molar-refractivity contribution < 1.29 is 9.13 Å². The summed E-state index contributed by atoms with van der Waals surface area (Å²) in [5.41, 5.74) is 5.45. The molecule has 19 heavy (non-hydrogen) atoms. The van der Waals surface area contributed by atoms with Crippen LogP contribution in [0.15, 0.2) is 42.5 Å². The summed E-state index contributed by atoms with van der Waals surface area (Å²) in [4.78, 5) is 0. The average molecular weight is 260 g/mol. The average Bonchev–Trinajstić information content (AvgIpc) is 2.40. The van der Waals surface area contributed by atoms with Gasteiger partial charge >= 0.3 is 0 Å². The molecule has 0 fully saturated rings. The Morgan fingerprint density at radius 2 is 2.00 bits per heavy atom. The molecular weight excluding hydrogens is 243 g/mol. The van der Waals surface area contributed by atoms with E-state index in [-0.39, 0.29) is 11.9 Å². The lowest BCUT2D eigenvalue weighted by Crippen LogP contribution is -2.29. The lowest BCUT2D eigenvalue weighted by molar-refractivity contribution is 0.404. The van der Waals surface area contributed by atoms with Gasteiger partial charge in [-0.25, -0.2) is 9.82 Å². The van der Waals surface area contributed by atoms with Crippen LogP contribution in [-0.4, -0.2) is 7.11 Å². The van der Waals surface area contributed by atoms with E-state index in [1.807, 2.05) is 31.2 Å². The van der Waals surface area contributed by atoms with Crippen LogP contribution >= 0.6 is 0 Å². The van der Waals surface area contributed by atoms with Gasteiger partial charge in [0.1, 0.15) is 11.6 Å². The Balaban J connectivity index is 2.50.